The minimum atomic E-state index is -0.726. The van der Waals surface area contributed by atoms with Crippen molar-refractivity contribution >= 4 is 17.9 Å². The second kappa shape index (κ2) is 3.67. The molecular formula is C8H8N2O2. The van der Waals surface area contributed by atoms with E-state index in [9.17, 15) is 4.79 Å². The van der Waals surface area contributed by atoms with Crippen LogP contribution in [0, 0.1) is 12.0 Å². The number of aliphatic imine (C=N–C) groups is 2. The van der Waals surface area contributed by atoms with Gasteiger partial charge in [-0.15, -0.1) is 0 Å². The highest BCUT2D eigenvalue weighted by atomic mass is 16.5. The van der Waals surface area contributed by atoms with Gasteiger partial charge in [0, 0.05) is 12.3 Å². The molecule has 62 valence electrons. The standard InChI is InChI=1S/C8H8N2O2/c1-6-5-10-7(3-4-9-6)8(11)12-2/h5,7H,1-2H3. The molecule has 0 aromatic carbocycles. The molecule has 1 rings (SSSR count). The van der Waals surface area contributed by atoms with E-state index in [2.05, 4.69) is 26.7 Å². The van der Waals surface area contributed by atoms with Gasteiger partial charge in [0.2, 0.25) is 6.04 Å². The lowest BCUT2D eigenvalue weighted by atomic mass is 10.3. The quantitative estimate of drug-likeness (QED) is 0.405. The van der Waals surface area contributed by atoms with Crippen LogP contribution in [0.15, 0.2) is 9.98 Å². The predicted octanol–water partition coefficient (Wildman–Crippen LogP) is 0.0342. The zero-order valence-corrected chi connectivity index (χ0v) is 6.87. The summed E-state index contributed by atoms with van der Waals surface area (Å²) in [5, 5.41) is 0. The van der Waals surface area contributed by atoms with Crippen LogP contribution in [0.3, 0.4) is 0 Å². The third-order valence-corrected chi connectivity index (χ3v) is 1.27. The van der Waals surface area contributed by atoms with Crippen LogP contribution < -0.4 is 0 Å². The molecule has 0 saturated heterocycles. The van der Waals surface area contributed by atoms with E-state index in [0.29, 0.717) is 5.71 Å². The first kappa shape index (κ1) is 8.47. The molecule has 1 aliphatic rings. The third-order valence-electron chi connectivity index (χ3n) is 1.27. The molecule has 0 fully saturated rings. The number of ether oxygens (including phenoxy) is 1. The fourth-order valence-corrected chi connectivity index (χ4v) is 0.662. The number of hydrogen-bond donors (Lipinski definition) is 0. The Bertz CT molecular complexity index is 307. The zero-order chi connectivity index (χ0) is 8.97. The van der Waals surface area contributed by atoms with E-state index in [0.717, 1.165) is 0 Å². The topological polar surface area (TPSA) is 51.0 Å². The maximum absolute atomic E-state index is 10.9. The van der Waals surface area contributed by atoms with Gasteiger partial charge in [-0.1, -0.05) is 0 Å². The third kappa shape index (κ3) is 1.92. The van der Waals surface area contributed by atoms with Crippen molar-refractivity contribution in [2.75, 3.05) is 7.11 Å². The first-order valence-electron chi connectivity index (χ1n) is 3.40. The van der Waals surface area contributed by atoms with Crippen LogP contribution in [-0.2, 0) is 9.53 Å². The van der Waals surface area contributed by atoms with Crippen LogP contribution in [0.4, 0.5) is 0 Å². The first-order chi connectivity index (χ1) is 5.74. The molecule has 0 amide bonds. The average molecular weight is 164 g/mol. The van der Waals surface area contributed by atoms with Crippen molar-refractivity contribution < 1.29 is 9.53 Å². The maximum atomic E-state index is 10.9. The first-order valence-corrected chi connectivity index (χ1v) is 3.40. The Morgan fingerprint density at radius 3 is 3.17 bits per heavy atom. The van der Waals surface area contributed by atoms with Crippen LogP contribution >= 0.6 is 0 Å². The molecule has 1 aliphatic heterocycles. The molecule has 0 saturated carbocycles. The van der Waals surface area contributed by atoms with E-state index < -0.39 is 12.0 Å². The Balaban J connectivity index is 2.78. The molecule has 0 N–H and O–H groups in total. The Morgan fingerprint density at radius 2 is 2.50 bits per heavy atom. The summed E-state index contributed by atoms with van der Waals surface area (Å²) in [7, 11) is 1.30. The second-order valence-electron chi connectivity index (χ2n) is 2.21. The van der Waals surface area contributed by atoms with Gasteiger partial charge in [-0.05, 0) is 12.8 Å². The van der Waals surface area contributed by atoms with Crippen molar-refractivity contribution in [2.45, 2.75) is 13.0 Å². The van der Waals surface area contributed by atoms with Gasteiger partial charge in [0.05, 0.1) is 12.8 Å². The molecule has 1 atom stereocenters. The lowest BCUT2D eigenvalue weighted by Gasteiger charge is -1.99. The number of hydrogen-bond acceptors (Lipinski definition) is 4. The molecule has 0 bridgehead atoms. The normalized spacial score (nSPS) is 20.2. The highest BCUT2D eigenvalue weighted by molar-refractivity contribution is 6.30. The van der Waals surface area contributed by atoms with E-state index in [1.54, 1.807) is 6.92 Å². The van der Waals surface area contributed by atoms with Crippen molar-refractivity contribution in [2.24, 2.45) is 9.98 Å². The van der Waals surface area contributed by atoms with Crippen LogP contribution in [-0.4, -0.2) is 31.0 Å². The number of carbonyl (C=O) groups excluding carboxylic acids is 1. The van der Waals surface area contributed by atoms with Crippen LogP contribution in [0.5, 0.6) is 0 Å². The fourth-order valence-electron chi connectivity index (χ4n) is 0.662. The molecule has 0 spiro atoms. The summed E-state index contributed by atoms with van der Waals surface area (Å²) in [6.07, 6.45) is 1.49. The Morgan fingerprint density at radius 1 is 1.75 bits per heavy atom. The summed E-state index contributed by atoms with van der Waals surface area (Å²) >= 11 is 0. The smallest absolute Gasteiger partial charge is 0.343 e. The van der Waals surface area contributed by atoms with Crippen LogP contribution in [0.2, 0.25) is 0 Å². The molecule has 4 heteroatoms. The van der Waals surface area contributed by atoms with Gasteiger partial charge in [-0.25, -0.2) is 9.79 Å². The maximum Gasteiger partial charge on any atom is 0.343 e. The minimum absolute atomic E-state index is 0.455. The van der Waals surface area contributed by atoms with Gasteiger partial charge in [0.15, 0.2) is 0 Å². The summed E-state index contributed by atoms with van der Waals surface area (Å²) in [4.78, 5) is 18.6. The zero-order valence-electron chi connectivity index (χ0n) is 6.87. The molecule has 0 aromatic heterocycles. The van der Waals surface area contributed by atoms with Gasteiger partial charge in [-0.2, -0.15) is 0 Å². The second-order valence-corrected chi connectivity index (χ2v) is 2.21. The number of rotatable bonds is 1. The molecule has 0 radical (unpaired) electrons. The Labute approximate surface area is 70.4 Å². The largest absolute Gasteiger partial charge is 0.467 e. The van der Waals surface area contributed by atoms with Crippen LogP contribution in [0.25, 0.3) is 0 Å². The lowest BCUT2D eigenvalue weighted by Crippen LogP contribution is -2.18. The number of methoxy groups -OCH3 is 1. The van der Waals surface area contributed by atoms with Gasteiger partial charge in [0.25, 0.3) is 0 Å². The minimum Gasteiger partial charge on any atom is -0.467 e. The number of esters is 1. The molecular weight excluding hydrogens is 156 g/mol. The fraction of sp³-hybridized carbons (Fsp3) is 0.375. The number of carbonyl (C=O) groups is 1. The molecule has 1 heterocycles. The van der Waals surface area contributed by atoms with Gasteiger partial charge in [0.1, 0.15) is 0 Å². The van der Waals surface area contributed by atoms with Crippen molar-refractivity contribution in [1.82, 2.24) is 0 Å². The van der Waals surface area contributed by atoms with Crippen molar-refractivity contribution in [3.63, 3.8) is 0 Å². The lowest BCUT2D eigenvalue weighted by molar-refractivity contribution is -0.140. The van der Waals surface area contributed by atoms with Gasteiger partial charge in [-0.3, -0.25) is 4.99 Å². The summed E-state index contributed by atoms with van der Waals surface area (Å²) in [5.74, 6) is 2.10. The predicted molar refractivity (Wildman–Crippen MR) is 45.2 cm³/mol. The molecule has 0 aromatic rings. The monoisotopic (exact) mass is 164 g/mol. The number of nitrogens with zero attached hydrogens (tertiary/aromatic N) is 2. The summed E-state index contributed by atoms with van der Waals surface area (Å²) in [6, 6.07) is 1.75. The van der Waals surface area contributed by atoms with E-state index in [1.165, 1.54) is 13.3 Å². The van der Waals surface area contributed by atoms with Gasteiger partial charge >= 0.3 is 5.97 Å². The molecule has 1 unspecified atom stereocenters. The summed E-state index contributed by atoms with van der Waals surface area (Å²) in [6.45, 7) is 1.76. The van der Waals surface area contributed by atoms with E-state index in [-0.39, 0.29) is 0 Å². The Kier molecular flexibility index (Phi) is 2.59. The van der Waals surface area contributed by atoms with E-state index in [4.69, 9.17) is 0 Å². The average Bonchev–Trinajstić information content (AvgIpc) is 2.29. The highest BCUT2D eigenvalue weighted by Crippen LogP contribution is 1.94. The van der Waals surface area contributed by atoms with Gasteiger partial charge < -0.3 is 4.74 Å². The highest BCUT2D eigenvalue weighted by Gasteiger charge is 2.14. The van der Waals surface area contributed by atoms with E-state index in [1.807, 2.05) is 0 Å². The van der Waals surface area contributed by atoms with Crippen LogP contribution in [0.1, 0.15) is 6.92 Å². The molecule has 12 heavy (non-hydrogen) atoms. The molecule has 0 aliphatic carbocycles. The van der Waals surface area contributed by atoms with Crippen molar-refractivity contribution in [1.29, 1.82) is 0 Å². The summed E-state index contributed by atoms with van der Waals surface area (Å²) < 4.78 is 4.47. The van der Waals surface area contributed by atoms with Crippen molar-refractivity contribution in [3.8, 4) is 12.0 Å². The van der Waals surface area contributed by atoms with E-state index >= 15 is 0 Å². The Hall–Kier alpha value is -1.63. The summed E-state index contributed by atoms with van der Waals surface area (Å²) in [5.41, 5.74) is 0.689. The van der Waals surface area contributed by atoms with Crippen molar-refractivity contribution in [3.05, 3.63) is 0 Å². The molecule has 4 nitrogen and oxygen atoms in total. The SMILES string of the molecule is COC(=O)C1C#CN=C(C)C=N1.